The van der Waals surface area contributed by atoms with Crippen LogP contribution in [0.1, 0.15) is 33.6 Å². The highest BCUT2D eigenvalue weighted by atomic mass is 16.6. The summed E-state index contributed by atoms with van der Waals surface area (Å²) in [6.07, 6.45) is 1.76. The number of para-hydroxylation sites is 2. The quantitative estimate of drug-likeness (QED) is 0.594. The van der Waals surface area contributed by atoms with Gasteiger partial charge in [-0.15, -0.1) is 0 Å². The van der Waals surface area contributed by atoms with Crippen LogP contribution in [0.3, 0.4) is 0 Å². The Hall–Kier alpha value is -3.42. The predicted molar refractivity (Wildman–Crippen MR) is 131 cm³/mol. The average molecular weight is 450 g/mol. The normalized spacial score (nSPS) is 22.9. The molecular weight excluding hydrogens is 418 g/mol. The first-order chi connectivity index (χ1) is 15.8. The van der Waals surface area contributed by atoms with Gasteiger partial charge in [0.25, 0.3) is 0 Å². The molecule has 1 fully saturated rings. The molecule has 0 saturated carbocycles. The van der Waals surface area contributed by atoms with Gasteiger partial charge < -0.3 is 30.3 Å². The fourth-order valence-corrected chi connectivity index (χ4v) is 4.58. The van der Waals surface area contributed by atoms with E-state index in [0.717, 1.165) is 30.1 Å². The van der Waals surface area contributed by atoms with Crippen LogP contribution in [-0.4, -0.2) is 54.1 Å². The van der Waals surface area contributed by atoms with Crippen LogP contribution in [0, 0.1) is 0 Å². The van der Waals surface area contributed by atoms with Gasteiger partial charge in [-0.25, -0.2) is 4.79 Å². The first kappa shape index (κ1) is 21.4. The van der Waals surface area contributed by atoms with Crippen LogP contribution in [0.5, 0.6) is 11.5 Å². The van der Waals surface area contributed by atoms with Crippen LogP contribution >= 0.6 is 0 Å². The Morgan fingerprint density at radius 2 is 1.85 bits per heavy atom. The van der Waals surface area contributed by atoms with E-state index in [-0.39, 0.29) is 11.6 Å². The third kappa shape index (κ3) is 4.42. The average Bonchev–Trinajstić information content (AvgIpc) is 2.79. The number of likely N-dealkylation sites (tertiary alicyclic amines) is 1. The molecule has 3 N–H and O–H groups in total. The van der Waals surface area contributed by atoms with Gasteiger partial charge in [0.2, 0.25) is 0 Å². The Morgan fingerprint density at radius 1 is 1.09 bits per heavy atom. The minimum absolute atomic E-state index is 0.137. The number of nitrogens with zero attached hydrogens (tertiary/aromatic N) is 2. The number of amides is 2. The minimum atomic E-state index is -0.468. The van der Waals surface area contributed by atoms with Gasteiger partial charge in [-0.05, 0) is 57.9 Å². The molecule has 3 heterocycles. The van der Waals surface area contributed by atoms with Gasteiger partial charge in [-0.1, -0.05) is 12.1 Å². The molecule has 2 aromatic rings. The largest absolute Gasteiger partial charge is 0.486 e. The molecular formula is C25H31N5O3. The van der Waals surface area contributed by atoms with Crippen LogP contribution in [0.4, 0.5) is 21.9 Å². The fourth-order valence-electron chi connectivity index (χ4n) is 4.58. The number of rotatable bonds is 1. The van der Waals surface area contributed by atoms with Gasteiger partial charge in [0.05, 0.1) is 23.5 Å². The second-order valence-electron chi connectivity index (χ2n) is 9.82. The summed E-state index contributed by atoms with van der Waals surface area (Å²) in [6, 6.07) is 13.5. The number of anilines is 3. The Labute approximate surface area is 194 Å². The van der Waals surface area contributed by atoms with E-state index in [9.17, 15) is 4.79 Å². The number of carbonyl (C=O) groups is 1. The maximum absolute atomic E-state index is 13.3. The van der Waals surface area contributed by atoms with Gasteiger partial charge in [0.15, 0.2) is 11.5 Å². The van der Waals surface area contributed by atoms with Gasteiger partial charge in [0.1, 0.15) is 24.6 Å². The van der Waals surface area contributed by atoms with Crippen molar-refractivity contribution >= 4 is 28.9 Å². The fraction of sp³-hybridized carbons (Fsp3) is 0.440. The van der Waals surface area contributed by atoms with Crippen molar-refractivity contribution in [3.8, 4) is 11.5 Å². The summed E-state index contributed by atoms with van der Waals surface area (Å²) in [6.45, 7) is 8.51. The highest BCUT2D eigenvalue weighted by Crippen LogP contribution is 2.37. The van der Waals surface area contributed by atoms with E-state index in [0.29, 0.717) is 43.5 Å². The van der Waals surface area contributed by atoms with Crippen LogP contribution in [-0.2, 0) is 0 Å². The number of hydrogen-bond donors (Lipinski definition) is 3. The molecule has 1 saturated heterocycles. The molecule has 2 amide bonds. The number of urea groups is 1. The van der Waals surface area contributed by atoms with Crippen molar-refractivity contribution in [1.82, 2.24) is 4.90 Å². The second kappa shape index (κ2) is 8.17. The number of nitrogens with one attached hydrogen (secondary N) is 3. The summed E-state index contributed by atoms with van der Waals surface area (Å²) in [5.41, 5.74) is 2.00. The summed E-state index contributed by atoms with van der Waals surface area (Å²) in [7, 11) is 0. The van der Waals surface area contributed by atoms with E-state index in [2.05, 4.69) is 42.8 Å². The van der Waals surface area contributed by atoms with Crippen molar-refractivity contribution < 1.29 is 14.3 Å². The van der Waals surface area contributed by atoms with E-state index >= 15 is 0 Å². The van der Waals surface area contributed by atoms with Gasteiger partial charge in [0, 0.05) is 18.3 Å². The molecule has 1 spiro atoms. The summed E-state index contributed by atoms with van der Waals surface area (Å²) in [5.74, 6) is 2.24. The Balaban J connectivity index is 1.39. The molecule has 8 nitrogen and oxygen atoms in total. The molecule has 2 aromatic carbocycles. The highest BCUT2D eigenvalue weighted by Gasteiger charge is 2.45. The van der Waals surface area contributed by atoms with E-state index < -0.39 is 5.54 Å². The molecule has 3 aliphatic heterocycles. The summed E-state index contributed by atoms with van der Waals surface area (Å²) >= 11 is 0. The Morgan fingerprint density at radius 3 is 2.64 bits per heavy atom. The zero-order valence-electron chi connectivity index (χ0n) is 19.4. The monoisotopic (exact) mass is 449 g/mol. The van der Waals surface area contributed by atoms with Crippen molar-refractivity contribution in [3.63, 3.8) is 0 Å². The summed E-state index contributed by atoms with van der Waals surface area (Å²) in [4.78, 5) is 20.1. The van der Waals surface area contributed by atoms with E-state index in [4.69, 9.17) is 14.5 Å². The molecule has 5 rings (SSSR count). The van der Waals surface area contributed by atoms with Gasteiger partial charge >= 0.3 is 6.03 Å². The third-order valence-corrected chi connectivity index (χ3v) is 6.03. The molecule has 1 unspecified atom stereocenters. The lowest BCUT2D eigenvalue weighted by molar-refractivity contribution is 0.171. The molecule has 8 heteroatoms. The summed E-state index contributed by atoms with van der Waals surface area (Å²) < 4.78 is 11.2. The standard InChI is InChI=1S/C25H31N5O3/c1-24(2,3)29-22-25(28-19-8-5-4-7-18(19)27-22)11-6-12-30(16-25)23(31)26-17-9-10-20-21(15-17)33-14-13-32-20/h4-5,7-10,15,28H,6,11-14,16H2,1-3H3,(H,26,31)(H,27,29). The van der Waals surface area contributed by atoms with E-state index in [1.165, 1.54) is 0 Å². The van der Waals surface area contributed by atoms with Crippen molar-refractivity contribution in [2.75, 3.05) is 42.3 Å². The number of carbonyl (C=O) groups excluding carboxylic acids is 1. The molecule has 0 aliphatic carbocycles. The number of piperidine rings is 1. The lowest BCUT2D eigenvalue weighted by Crippen LogP contribution is -2.63. The smallest absolute Gasteiger partial charge is 0.321 e. The molecule has 0 radical (unpaired) electrons. The van der Waals surface area contributed by atoms with Crippen LogP contribution in [0.15, 0.2) is 47.5 Å². The topological polar surface area (TPSA) is 87.2 Å². The number of benzene rings is 2. The Kier molecular flexibility index (Phi) is 5.31. The zero-order valence-corrected chi connectivity index (χ0v) is 19.4. The second-order valence-corrected chi connectivity index (χ2v) is 9.82. The maximum atomic E-state index is 13.3. The first-order valence-electron chi connectivity index (χ1n) is 11.5. The minimum Gasteiger partial charge on any atom is -0.486 e. The zero-order chi connectivity index (χ0) is 23.1. The van der Waals surface area contributed by atoms with E-state index in [1.807, 2.05) is 41.3 Å². The van der Waals surface area contributed by atoms with Crippen LogP contribution in [0.25, 0.3) is 0 Å². The van der Waals surface area contributed by atoms with Gasteiger partial charge in [-0.3, -0.25) is 4.99 Å². The molecule has 174 valence electrons. The summed E-state index contributed by atoms with van der Waals surface area (Å²) in [5, 5.41) is 10.3. The van der Waals surface area contributed by atoms with Crippen molar-refractivity contribution in [2.45, 2.75) is 44.7 Å². The van der Waals surface area contributed by atoms with Crippen LogP contribution in [0.2, 0.25) is 0 Å². The lowest BCUT2D eigenvalue weighted by Gasteiger charge is -2.47. The third-order valence-electron chi connectivity index (χ3n) is 6.03. The Bertz CT molecular complexity index is 1090. The number of ether oxygens (including phenoxy) is 2. The number of hydrogen-bond acceptors (Lipinski definition) is 5. The van der Waals surface area contributed by atoms with E-state index in [1.54, 1.807) is 0 Å². The molecule has 0 aromatic heterocycles. The maximum Gasteiger partial charge on any atom is 0.321 e. The molecule has 0 bridgehead atoms. The highest BCUT2D eigenvalue weighted by molar-refractivity contribution is 6.10. The first-order valence-corrected chi connectivity index (χ1v) is 11.5. The van der Waals surface area contributed by atoms with Gasteiger partial charge in [-0.2, -0.15) is 0 Å². The van der Waals surface area contributed by atoms with Crippen molar-refractivity contribution in [2.24, 2.45) is 4.99 Å². The van der Waals surface area contributed by atoms with Crippen molar-refractivity contribution in [3.05, 3.63) is 42.5 Å². The SMILES string of the molecule is CC(C)(C)N=C1Nc2ccccc2NC12CCCN(C(=O)Nc1ccc3c(c1)OCCO3)C2. The number of aliphatic imine (C=N–C) groups is 1. The van der Waals surface area contributed by atoms with Crippen molar-refractivity contribution in [1.29, 1.82) is 0 Å². The predicted octanol–water partition coefficient (Wildman–Crippen LogP) is 4.56. The number of amidine groups is 1. The lowest BCUT2D eigenvalue weighted by atomic mass is 9.85. The molecule has 33 heavy (non-hydrogen) atoms. The number of fused-ring (bicyclic) bond motifs is 2. The van der Waals surface area contributed by atoms with Crippen LogP contribution < -0.4 is 25.4 Å². The molecule has 1 atom stereocenters. The molecule has 3 aliphatic rings.